The average molecular weight is 429 g/mol. The van der Waals surface area contributed by atoms with Crippen LogP contribution in [0.2, 0.25) is 0 Å². The van der Waals surface area contributed by atoms with E-state index in [-0.39, 0.29) is 24.8 Å². The van der Waals surface area contributed by atoms with Crippen molar-refractivity contribution in [2.24, 2.45) is 7.05 Å². The molecule has 4 aromatic rings. The molecule has 0 radical (unpaired) electrons. The number of halogens is 2. The zero-order valence-corrected chi connectivity index (χ0v) is 18.3. The summed E-state index contributed by atoms with van der Waals surface area (Å²) < 4.78 is 2.10. The molecule has 0 saturated heterocycles. The van der Waals surface area contributed by atoms with Gasteiger partial charge in [0, 0.05) is 19.4 Å². The highest BCUT2D eigenvalue weighted by atomic mass is 35.5. The van der Waals surface area contributed by atoms with Crippen molar-refractivity contribution >= 4 is 35.6 Å². The van der Waals surface area contributed by atoms with Gasteiger partial charge in [0.15, 0.2) is 0 Å². The van der Waals surface area contributed by atoms with Gasteiger partial charge in [0.25, 0.3) is 0 Å². The number of aromatic nitrogens is 2. The Labute approximate surface area is 179 Å². The summed E-state index contributed by atoms with van der Waals surface area (Å²) in [6, 6.07) is 30.5. The molecule has 0 unspecified atom stereocenters. The highest BCUT2D eigenvalue weighted by molar-refractivity contribution is 7.95. The molecule has 0 aliphatic heterocycles. The fraction of sp³-hybridized carbons (Fsp3) is 0.0870. The molecular weight excluding hydrogens is 406 g/mol. The van der Waals surface area contributed by atoms with Crippen LogP contribution in [0.1, 0.15) is 0 Å². The minimum atomic E-state index is -1.78. The fourth-order valence-electron chi connectivity index (χ4n) is 3.56. The van der Waals surface area contributed by atoms with Gasteiger partial charge < -0.3 is 17.0 Å². The SMILES string of the molecule is Cl.Cn1ccnc1-c1ccccc1[P+](C)(c1ccccc1)c1ccccc1.[Cl-]. The maximum Gasteiger partial charge on any atom is 0.143 e. The van der Waals surface area contributed by atoms with E-state index in [9.17, 15) is 0 Å². The van der Waals surface area contributed by atoms with Gasteiger partial charge in [-0.1, -0.05) is 48.5 Å². The number of rotatable bonds is 4. The van der Waals surface area contributed by atoms with Gasteiger partial charge in [0.2, 0.25) is 0 Å². The Bertz CT molecular complexity index is 977. The molecule has 28 heavy (non-hydrogen) atoms. The lowest BCUT2D eigenvalue weighted by Crippen LogP contribution is -3.00. The predicted octanol–water partition coefficient (Wildman–Crippen LogP) is 1.44. The largest absolute Gasteiger partial charge is 1.00 e. The topological polar surface area (TPSA) is 17.8 Å². The van der Waals surface area contributed by atoms with Crippen molar-refractivity contribution in [3.05, 3.63) is 97.3 Å². The van der Waals surface area contributed by atoms with E-state index in [4.69, 9.17) is 0 Å². The van der Waals surface area contributed by atoms with E-state index in [1.54, 1.807) is 0 Å². The van der Waals surface area contributed by atoms with Crippen LogP contribution in [0.5, 0.6) is 0 Å². The molecule has 144 valence electrons. The first kappa shape index (κ1) is 22.2. The molecule has 5 heteroatoms. The van der Waals surface area contributed by atoms with Gasteiger partial charge in [-0.15, -0.1) is 12.4 Å². The molecule has 0 saturated carbocycles. The third kappa shape index (κ3) is 3.86. The Morgan fingerprint density at radius 2 is 1.25 bits per heavy atom. The molecule has 1 aromatic heterocycles. The van der Waals surface area contributed by atoms with Crippen molar-refractivity contribution in [2.75, 3.05) is 6.66 Å². The summed E-state index contributed by atoms with van der Waals surface area (Å²) in [6.45, 7) is 2.42. The third-order valence-electron chi connectivity index (χ3n) is 4.99. The summed E-state index contributed by atoms with van der Waals surface area (Å²) in [4.78, 5) is 4.63. The number of benzene rings is 3. The Morgan fingerprint density at radius 1 is 0.750 bits per heavy atom. The fourth-order valence-corrected chi connectivity index (χ4v) is 6.99. The number of hydrogen-bond donors (Lipinski definition) is 0. The van der Waals surface area contributed by atoms with Gasteiger partial charge in [-0.05, 0) is 36.4 Å². The first-order valence-electron chi connectivity index (χ1n) is 8.76. The van der Waals surface area contributed by atoms with E-state index in [1.165, 1.54) is 21.5 Å². The van der Waals surface area contributed by atoms with Crippen LogP contribution in [0, 0.1) is 0 Å². The van der Waals surface area contributed by atoms with Crippen LogP contribution < -0.4 is 28.3 Å². The van der Waals surface area contributed by atoms with Crippen LogP contribution in [0.15, 0.2) is 97.3 Å². The lowest BCUT2D eigenvalue weighted by molar-refractivity contribution is -0.00000537. The summed E-state index contributed by atoms with van der Waals surface area (Å²) in [5, 5.41) is 4.13. The van der Waals surface area contributed by atoms with Gasteiger partial charge in [0.1, 0.15) is 29.0 Å². The maximum absolute atomic E-state index is 4.63. The van der Waals surface area contributed by atoms with Crippen LogP contribution in [0.3, 0.4) is 0 Å². The Kier molecular flexibility index (Phi) is 7.43. The zero-order valence-electron chi connectivity index (χ0n) is 15.9. The minimum Gasteiger partial charge on any atom is -1.00 e. The van der Waals surface area contributed by atoms with Gasteiger partial charge in [-0.25, -0.2) is 4.98 Å². The standard InChI is InChI=1S/C23H22N2P.2ClH/c1-25-18-17-24-23(25)21-15-9-10-16-22(21)26(2,19-11-5-3-6-12-19)20-13-7-4-8-14-20;;/h3-18H,1-2H3;2*1H/q+1;;/p-1. The highest BCUT2D eigenvalue weighted by Crippen LogP contribution is 2.53. The van der Waals surface area contributed by atoms with Crippen LogP contribution in [0.25, 0.3) is 11.4 Å². The van der Waals surface area contributed by atoms with Gasteiger partial charge in [0.05, 0.1) is 12.2 Å². The average Bonchev–Trinajstić information content (AvgIpc) is 3.14. The van der Waals surface area contributed by atoms with Crippen molar-refractivity contribution in [3.63, 3.8) is 0 Å². The van der Waals surface area contributed by atoms with Gasteiger partial charge >= 0.3 is 0 Å². The second-order valence-corrected chi connectivity index (χ2v) is 10.1. The molecule has 0 aliphatic carbocycles. The Hall–Kier alpha value is -2.12. The zero-order chi connectivity index (χ0) is 18.0. The molecule has 0 spiro atoms. The van der Waals surface area contributed by atoms with E-state index in [0.29, 0.717) is 0 Å². The second kappa shape index (κ2) is 9.39. The molecule has 0 bridgehead atoms. The summed E-state index contributed by atoms with van der Waals surface area (Å²) in [5.41, 5.74) is 1.21. The number of nitrogens with zero attached hydrogens (tertiary/aromatic N) is 2. The van der Waals surface area contributed by atoms with Crippen molar-refractivity contribution in [1.29, 1.82) is 0 Å². The van der Waals surface area contributed by atoms with Crippen molar-refractivity contribution < 1.29 is 12.4 Å². The monoisotopic (exact) mass is 428 g/mol. The van der Waals surface area contributed by atoms with Crippen LogP contribution in [0.4, 0.5) is 0 Å². The van der Waals surface area contributed by atoms with E-state index in [0.717, 1.165) is 5.82 Å². The highest BCUT2D eigenvalue weighted by Gasteiger charge is 2.42. The number of hydrogen-bond acceptors (Lipinski definition) is 1. The van der Waals surface area contributed by atoms with E-state index in [1.807, 2.05) is 12.4 Å². The lowest BCUT2D eigenvalue weighted by atomic mass is 10.2. The first-order chi connectivity index (χ1) is 12.7. The molecule has 0 amide bonds. The normalized spacial score (nSPS) is 10.6. The van der Waals surface area contributed by atoms with Crippen LogP contribution >= 0.6 is 19.7 Å². The third-order valence-corrected chi connectivity index (χ3v) is 9.01. The first-order valence-corrected chi connectivity index (χ1v) is 11.0. The number of aryl methyl sites for hydroxylation is 1. The molecule has 1 heterocycles. The molecule has 4 rings (SSSR count). The second-order valence-electron chi connectivity index (χ2n) is 6.56. The van der Waals surface area contributed by atoms with Crippen molar-refractivity contribution in [1.82, 2.24) is 9.55 Å². The molecule has 0 aliphatic rings. The quantitative estimate of drug-likeness (QED) is 0.449. The Morgan fingerprint density at radius 3 is 1.75 bits per heavy atom. The molecule has 0 atom stereocenters. The van der Waals surface area contributed by atoms with E-state index in [2.05, 4.69) is 108 Å². The molecule has 3 aromatic carbocycles. The van der Waals surface area contributed by atoms with Crippen LogP contribution in [-0.2, 0) is 7.05 Å². The van der Waals surface area contributed by atoms with Crippen LogP contribution in [-0.4, -0.2) is 16.2 Å². The summed E-state index contributed by atoms with van der Waals surface area (Å²) in [6.07, 6.45) is 3.87. The summed E-state index contributed by atoms with van der Waals surface area (Å²) in [5.74, 6) is 1.01. The summed E-state index contributed by atoms with van der Waals surface area (Å²) >= 11 is 0. The smallest absolute Gasteiger partial charge is 0.143 e. The van der Waals surface area contributed by atoms with Gasteiger partial charge in [-0.2, -0.15) is 0 Å². The minimum absolute atomic E-state index is 0. The van der Waals surface area contributed by atoms with Crippen molar-refractivity contribution in [3.8, 4) is 11.4 Å². The van der Waals surface area contributed by atoms with E-state index >= 15 is 0 Å². The molecule has 0 N–H and O–H groups in total. The molecule has 2 nitrogen and oxygen atoms in total. The number of imidazole rings is 1. The predicted molar refractivity (Wildman–Crippen MR) is 121 cm³/mol. The van der Waals surface area contributed by atoms with Crippen molar-refractivity contribution in [2.45, 2.75) is 0 Å². The molecular formula is C23H23Cl2N2P. The van der Waals surface area contributed by atoms with Gasteiger partial charge in [-0.3, -0.25) is 0 Å². The lowest BCUT2D eigenvalue weighted by Gasteiger charge is -2.25. The van der Waals surface area contributed by atoms with E-state index < -0.39 is 7.26 Å². The molecule has 0 fully saturated rings. The maximum atomic E-state index is 4.63. The summed E-state index contributed by atoms with van der Waals surface area (Å²) in [7, 11) is 0.277. The Balaban J connectivity index is 0.00000140.